The molecular weight excluding hydrogens is 318 g/mol. The van der Waals surface area contributed by atoms with E-state index in [1.165, 1.54) is 12.3 Å². The van der Waals surface area contributed by atoms with E-state index in [1.807, 2.05) is 43.3 Å². The average molecular weight is 337 g/mol. The molecule has 0 atom stereocenters. The molecule has 0 bridgehead atoms. The van der Waals surface area contributed by atoms with Crippen LogP contribution < -0.4 is 10.9 Å². The summed E-state index contributed by atoms with van der Waals surface area (Å²) in [6.45, 7) is 2.49. The van der Waals surface area contributed by atoms with E-state index in [-0.39, 0.29) is 24.4 Å². The molecule has 0 spiro atoms. The number of carbonyl (C=O) groups is 1. The summed E-state index contributed by atoms with van der Waals surface area (Å²) >= 11 is 0. The Balaban J connectivity index is 1.53. The molecule has 25 heavy (non-hydrogen) atoms. The molecule has 0 aliphatic rings. The number of nitrogens with zero attached hydrogens (tertiary/aromatic N) is 2. The summed E-state index contributed by atoms with van der Waals surface area (Å²) < 4.78 is 7.02. The number of rotatable bonds is 6. The third kappa shape index (κ3) is 4.23. The van der Waals surface area contributed by atoms with E-state index in [0.29, 0.717) is 18.1 Å². The zero-order valence-electron chi connectivity index (χ0n) is 13.9. The van der Waals surface area contributed by atoms with Crippen molar-refractivity contribution in [2.45, 2.75) is 26.4 Å². The van der Waals surface area contributed by atoms with Gasteiger partial charge >= 0.3 is 0 Å². The van der Waals surface area contributed by atoms with Crippen LogP contribution in [-0.2, 0) is 17.9 Å². The molecule has 6 nitrogen and oxygen atoms in total. The molecule has 1 aromatic carbocycles. The first-order chi connectivity index (χ1) is 12.1. The summed E-state index contributed by atoms with van der Waals surface area (Å²) in [5.74, 6) is 0.385. The predicted molar refractivity (Wildman–Crippen MR) is 93.8 cm³/mol. The predicted octanol–water partition coefficient (Wildman–Crippen LogP) is 2.52. The van der Waals surface area contributed by atoms with Crippen LogP contribution in [0.25, 0.3) is 11.5 Å². The minimum Gasteiger partial charge on any atom is -0.444 e. The lowest BCUT2D eigenvalue weighted by atomic mass is 10.2. The van der Waals surface area contributed by atoms with Crippen molar-refractivity contribution in [3.63, 3.8) is 0 Å². The molecule has 0 unspecified atom stereocenters. The first-order valence-corrected chi connectivity index (χ1v) is 8.06. The van der Waals surface area contributed by atoms with E-state index in [0.717, 1.165) is 11.3 Å². The van der Waals surface area contributed by atoms with E-state index in [9.17, 15) is 9.59 Å². The van der Waals surface area contributed by atoms with Gasteiger partial charge in [0.2, 0.25) is 11.8 Å². The van der Waals surface area contributed by atoms with Crippen molar-refractivity contribution in [1.29, 1.82) is 0 Å². The molecule has 1 N–H and O–H groups in total. The van der Waals surface area contributed by atoms with Gasteiger partial charge in [-0.15, -0.1) is 0 Å². The fourth-order valence-corrected chi connectivity index (χ4v) is 2.50. The van der Waals surface area contributed by atoms with Crippen LogP contribution >= 0.6 is 0 Å². The monoisotopic (exact) mass is 337 g/mol. The smallest absolute Gasteiger partial charge is 0.250 e. The number of aryl methyl sites for hydroxylation is 1. The lowest BCUT2D eigenvalue weighted by Crippen LogP contribution is -2.27. The fraction of sp³-hybridized carbons (Fsp3) is 0.211. The molecule has 2 heterocycles. The lowest BCUT2D eigenvalue weighted by molar-refractivity contribution is -0.121. The van der Waals surface area contributed by atoms with Crippen LogP contribution in [0.3, 0.4) is 0 Å². The van der Waals surface area contributed by atoms with E-state index in [1.54, 1.807) is 10.6 Å². The Kier molecular flexibility index (Phi) is 5.09. The third-order valence-corrected chi connectivity index (χ3v) is 3.87. The number of hydrogen-bond donors (Lipinski definition) is 1. The molecule has 0 fully saturated rings. The zero-order valence-corrected chi connectivity index (χ0v) is 13.9. The fourth-order valence-electron chi connectivity index (χ4n) is 2.50. The number of carbonyl (C=O) groups excluding carboxylic acids is 1. The second-order valence-electron chi connectivity index (χ2n) is 5.69. The van der Waals surface area contributed by atoms with Crippen LogP contribution in [0.2, 0.25) is 0 Å². The Morgan fingerprint density at radius 3 is 2.72 bits per heavy atom. The van der Waals surface area contributed by atoms with Crippen LogP contribution in [0.4, 0.5) is 0 Å². The highest BCUT2D eigenvalue weighted by Gasteiger charge is 2.08. The number of amides is 1. The maximum Gasteiger partial charge on any atom is 0.250 e. The van der Waals surface area contributed by atoms with Crippen molar-refractivity contribution in [3.05, 3.63) is 76.5 Å². The van der Waals surface area contributed by atoms with Crippen molar-refractivity contribution in [1.82, 2.24) is 14.9 Å². The third-order valence-electron chi connectivity index (χ3n) is 3.87. The number of hydrogen-bond acceptors (Lipinski definition) is 4. The van der Waals surface area contributed by atoms with E-state index in [4.69, 9.17) is 4.42 Å². The van der Waals surface area contributed by atoms with Gasteiger partial charge in [0, 0.05) is 30.3 Å². The topological polar surface area (TPSA) is 77.1 Å². The first-order valence-electron chi connectivity index (χ1n) is 8.06. The van der Waals surface area contributed by atoms with Gasteiger partial charge in [-0.1, -0.05) is 24.3 Å². The highest BCUT2D eigenvalue weighted by Crippen LogP contribution is 2.17. The Morgan fingerprint density at radius 1 is 1.16 bits per heavy atom. The molecule has 0 saturated heterocycles. The number of aromatic nitrogens is 2. The molecule has 128 valence electrons. The van der Waals surface area contributed by atoms with Crippen LogP contribution in [0, 0.1) is 6.92 Å². The minimum atomic E-state index is -0.139. The Bertz CT molecular complexity index is 913. The summed E-state index contributed by atoms with van der Waals surface area (Å²) in [5.41, 5.74) is 2.28. The SMILES string of the molecule is Cc1cccc(=O)n1CCC(=O)NCc1coc(-c2ccccc2)n1. The molecular formula is C19H19N3O3. The number of nitrogens with one attached hydrogen (secondary N) is 1. The van der Waals surface area contributed by atoms with Crippen molar-refractivity contribution in [3.8, 4) is 11.5 Å². The molecule has 2 aromatic heterocycles. The maximum absolute atomic E-state index is 12.0. The first kappa shape index (κ1) is 16.7. The maximum atomic E-state index is 12.0. The van der Waals surface area contributed by atoms with Gasteiger partial charge in [-0.3, -0.25) is 9.59 Å². The second-order valence-corrected chi connectivity index (χ2v) is 5.69. The van der Waals surface area contributed by atoms with Crippen molar-refractivity contribution in [2.24, 2.45) is 0 Å². The normalized spacial score (nSPS) is 10.6. The summed E-state index contributed by atoms with van der Waals surface area (Å²) in [7, 11) is 0. The largest absolute Gasteiger partial charge is 0.444 e. The van der Waals surface area contributed by atoms with Gasteiger partial charge in [0.15, 0.2) is 0 Å². The molecule has 0 aliphatic heterocycles. The summed E-state index contributed by atoms with van der Waals surface area (Å²) in [4.78, 5) is 28.1. The molecule has 3 rings (SSSR count). The number of pyridine rings is 1. The van der Waals surface area contributed by atoms with Crippen molar-refractivity contribution >= 4 is 5.91 Å². The zero-order chi connectivity index (χ0) is 17.6. The summed E-state index contributed by atoms with van der Waals surface area (Å²) in [5, 5.41) is 2.80. The van der Waals surface area contributed by atoms with Crippen molar-refractivity contribution in [2.75, 3.05) is 0 Å². The van der Waals surface area contributed by atoms with E-state index in [2.05, 4.69) is 10.3 Å². The Morgan fingerprint density at radius 2 is 1.96 bits per heavy atom. The summed E-state index contributed by atoms with van der Waals surface area (Å²) in [6, 6.07) is 14.6. The van der Waals surface area contributed by atoms with Gasteiger partial charge in [-0.2, -0.15) is 0 Å². The van der Waals surface area contributed by atoms with Crippen LogP contribution in [0.1, 0.15) is 17.8 Å². The second kappa shape index (κ2) is 7.61. The molecule has 0 saturated carbocycles. The van der Waals surface area contributed by atoms with Gasteiger partial charge in [-0.25, -0.2) is 4.98 Å². The van der Waals surface area contributed by atoms with Gasteiger partial charge in [0.25, 0.3) is 5.56 Å². The highest BCUT2D eigenvalue weighted by atomic mass is 16.3. The quantitative estimate of drug-likeness (QED) is 0.750. The van der Waals surface area contributed by atoms with E-state index < -0.39 is 0 Å². The number of benzene rings is 1. The van der Waals surface area contributed by atoms with Crippen LogP contribution in [0.5, 0.6) is 0 Å². The molecule has 3 aromatic rings. The average Bonchev–Trinajstić information content (AvgIpc) is 3.09. The molecule has 0 radical (unpaired) electrons. The molecule has 0 aliphatic carbocycles. The molecule has 1 amide bonds. The van der Waals surface area contributed by atoms with Gasteiger partial charge in [0.05, 0.1) is 12.2 Å². The van der Waals surface area contributed by atoms with Crippen molar-refractivity contribution < 1.29 is 9.21 Å². The highest BCUT2D eigenvalue weighted by molar-refractivity contribution is 5.75. The molecule has 6 heteroatoms. The minimum absolute atomic E-state index is 0.100. The van der Waals surface area contributed by atoms with Gasteiger partial charge < -0.3 is 14.3 Å². The van der Waals surface area contributed by atoms with Crippen LogP contribution in [0.15, 0.2) is 64.0 Å². The number of oxazole rings is 1. The van der Waals surface area contributed by atoms with Crippen LogP contribution in [-0.4, -0.2) is 15.5 Å². The van der Waals surface area contributed by atoms with E-state index >= 15 is 0 Å². The Labute approximate surface area is 145 Å². The standard InChI is InChI=1S/C19H19N3O3/c1-14-6-5-9-18(24)22(14)11-10-17(23)20-12-16-13-25-19(21-16)15-7-3-2-4-8-15/h2-9,13H,10-12H2,1H3,(H,20,23). The lowest BCUT2D eigenvalue weighted by Gasteiger charge is -2.09. The van der Waals surface area contributed by atoms with Gasteiger partial charge in [0.1, 0.15) is 6.26 Å². The summed E-state index contributed by atoms with van der Waals surface area (Å²) in [6.07, 6.45) is 1.77. The van der Waals surface area contributed by atoms with Gasteiger partial charge in [-0.05, 0) is 25.1 Å². The Hall–Kier alpha value is -3.15.